The van der Waals surface area contributed by atoms with Gasteiger partial charge < -0.3 is 29.7 Å². The first-order valence-corrected chi connectivity index (χ1v) is 11.2. The lowest BCUT2D eigenvalue weighted by Crippen LogP contribution is -2.63. The number of carboxylic acid groups (broad SMARTS) is 1. The Balaban J connectivity index is 1.42. The number of methoxy groups -OCH3 is 1. The lowest BCUT2D eigenvalue weighted by Gasteiger charge is -2.46. The Labute approximate surface area is 188 Å². The van der Waals surface area contributed by atoms with Crippen molar-refractivity contribution in [3.05, 3.63) is 34.2 Å². The van der Waals surface area contributed by atoms with Crippen molar-refractivity contribution in [2.24, 2.45) is 11.8 Å². The van der Waals surface area contributed by atoms with Crippen molar-refractivity contribution < 1.29 is 33.9 Å². The molecule has 6 atom stereocenters. The van der Waals surface area contributed by atoms with Crippen molar-refractivity contribution in [1.82, 2.24) is 15.4 Å². The molecule has 0 spiro atoms. The minimum Gasteiger partial charge on any atom is -0.477 e. The summed E-state index contributed by atoms with van der Waals surface area (Å²) in [5, 5.41) is 26.9. The van der Waals surface area contributed by atoms with E-state index in [1.54, 1.807) is 13.0 Å². The summed E-state index contributed by atoms with van der Waals surface area (Å²) in [6.45, 7) is 4.16. The zero-order valence-corrected chi connectivity index (χ0v) is 18.7. The number of carbonyl (C=O) groups is 3. The van der Waals surface area contributed by atoms with Gasteiger partial charge in [-0.2, -0.15) is 0 Å². The summed E-state index contributed by atoms with van der Waals surface area (Å²) in [7, 11) is 1.27. The summed E-state index contributed by atoms with van der Waals surface area (Å²) in [5.41, 5.74) is 0.142. The van der Waals surface area contributed by atoms with Crippen molar-refractivity contribution in [2.45, 2.75) is 43.7 Å². The van der Waals surface area contributed by atoms with Crippen molar-refractivity contribution in [3.63, 3.8) is 0 Å². The highest BCUT2D eigenvalue weighted by atomic mass is 32.2. The summed E-state index contributed by atoms with van der Waals surface area (Å²) in [4.78, 5) is 37.9. The zero-order valence-electron chi connectivity index (χ0n) is 17.8. The molecule has 3 aliphatic rings. The molecule has 4 rings (SSSR count). The van der Waals surface area contributed by atoms with Gasteiger partial charge in [0.2, 0.25) is 5.91 Å². The Morgan fingerprint density at radius 2 is 2.22 bits per heavy atom. The number of fused-ring (bicyclic) bond motifs is 1. The predicted molar refractivity (Wildman–Crippen MR) is 114 cm³/mol. The molecule has 0 saturated carbocycles. The predicted octanol–water partition coefficient (Wildman–Crippen LogP) is 1.09. The minimum absolute atomic E-state index is 0.0358. The summed E-state index contributed by atoms with van der Waals surface area (Å²) in [6, 6.07) is 1.22. The van der Waals surface area contributed by atoms with Gasteiger partial charge in [-0.15, -0.1) is 11.8 Å². The van der Waals surface area contributed by atoms with Crippen LogP contribution in [0.5, 0.6) is 0 Å². The van der Waals surface area contributed by atoms with E-state index in [1.165, 1.54) is 29.8 Å². The van der Waals surface area contributed by atoms with E-state index in [0.717, 1.165) is 6.42 Å². The third-order valence-electron chi connectivity index (χ3n) is 6.14. The van der Waals surface area contributed by atoms with Gasteiger partial charge in [0.25, 0.3) is 0 Å². The Bertz CT molecular complexity index is 1000. The molecule has 0 aliphatic carbocycles. The van der Waals surface area contributed by atoms with Crippen LogP contribution >= 0.6 is 11.8 Å². The van der Waals surface area contributed by atoms with E-state index >= 15 is 0 Å². The van der Waals surface area contributed by atoms with Gasteiger partial charge >= 0.3 is 11.9 Å². The van der Waals surface area contributed by atoms with Crippen LogP contribution < -0.4 is 5.32 Å². The molecule has 11 heteroatoms. The van der Waals surface area contributed by atoms with Crippen molar-refractivity contribution >= 4 is 35.7 Å². The average molecular weight is 464 g/mol. The first-order chi connectivity index (χ1) is 15.2. The maximum atomic E-state index is 12.5. The minimum atomic E-state index is -1.12. The smallest absolute Gasteiger partial charge is 0.360 e. The van der Waals surface area contributed by atoms with E-state index in [1.807, 2.05) is 13.0 Å². The van der Waals surface area contributed by atoms with Crippen LogP contribution in [-0.2, 0) is 14.3 Å². The SMILES string of the molecule is COC(=O)c1cc(/C=C/[C@@H]2C[C@H](SC3=C(C(=O)O)N4C(=O)[C@H]([C@@H](C)O)[C@H]4[C@H]3C)CN2)on1. The molecule has 10 nitrogen and oxygen atoms in total. The summed E-state index contributed by atoms with van der Waals surface area (Å²) >= 11 is 1.49. The maximum Gasteiger partial charge on any atom is 0.360 e. The molecule has 172 valence electrons. The number of hydrogen-bond acceptors (Lipinski definition) is 9. The fourth-order valence-corrected chi connectivity index (χ4v) is 6.10. The Morgan fingerprint density at radius 3 is 2.88 bits per heavy atom. The fourth-order valence-electron chi connectivity index (χ4n) is 4.61. The van der Waals surface area contributed by atoms with Crippen LogP contribution in [0.2, 0.25) is 0 Å². The molecule has 3 aliphatic heterocycles. The molecule has 0 bridgehead atoms. The Morgan fingerprint density at radius 1 is 1.47 bits per heavy atom. The summed E-state index contributed by atoms with van der Waals surface area (Å²) in [6.07, 6.45) is 3.57. The highest BCUT2D eigenvalue weighted by Crippen LogP contribution is 2.51. The third kappa shape index (κ3) is 3.84. The van der Waals surface area contributed by atoms with Gasteiger partial charge in [0.05, 0.1) is 25.2 Å². The normalized spacial score (nSPS) is 30.6. The number of amides is 1. The molecule has 1 aromatic heterocycles. The molecule has 1 aromatic rings. The number of aliphatic hydroxyl groups excluding tert-OH is 1. The lowest BCUT2D eigenvalue weighted by atomic mass is 9.79. The highest BCUT2D eigenvalue weighted by molar-refractivity contribution is 8.03. The Hall–Kier alpha value is -2.63. The summed E-state index contributed by atoms with van der Waals surface area (Å²) < 4.78 is 9.70. The van der Waals surface area contributed by atoms with Crippen LogP contribution in [0.1, 0.15) is 36.5 Å². The molecule has 0 aromatic carbocycles. The molecule has 0 unspecified atom stereocenters. The maximum absolute atomic E-state index is 12.5. The molecule has 3 N–H and O–H groups in total. The van der Waals surface area contributed by atoms with Crippen LogP contribution in [0.15, 0.2) is 27.3 Å². The van der Waals surface area contributed by atoms with E-state index in [4.69, 9.17) is 4.52 Å². The van der Waals surface area contributed by atoms with Gasteiger partial charge in [-0.1, -0.05) is 18.2 Å². The van der Waals surface area contributed by atoms with Crippen molar-refractivity contribution in [2.75, 3.05) is 13.7 Å². The van der Waals surface area contributed by atoms with Crippen LogP contribution in [0.4, 0.5) is 0 Å². The largest absolute Gasteiger partial charge is 0.477 e. The number of β-lactam (4-membered cyclic amide) rings is 1. The number of hydrogen-bond donors (Lipinski definition) is 3. The van der Waals surface area contributed by atoms with Gasteiger partial charge in [-0.25, -0.2) is 9.59 Å². The van der Waals surface area contributed by atoms with E-state index in [2.05, 4.69) is 15.2 Å². The highest BCUT2D eigenvalue weighted by Gasteiger charge is 2.60. The van der Waals surface area contributed by atoms with Gasteiger partial charge in [0.15, 0.2) is 11.5 Å². The number of carbonyl (C=O) groups excluding carboxylic acids is 2. The molecule has 0 radical (unpaired) electrons. The number of nitrogens with zero attached hydrogens (tertiary/aromatic N) is 2. The van der Waals surface area contributed by atoms with Gasteiger partial charge in [0, 0.05) is 34.7 Å². The molecule has 32 heavy (non-hydrogen) atoms. The first kappa shape index (κ1) is 22.6. The standard InChI is InChI=1S/C21H25N3O7S/c1-9-16-15(10(2)25)19(26)24(16)17(20(27)28)18(9)32-13-6-11(22-8-13)4-5-12-7-14(23-31-12)21(29)30-3/h4-5,7,9-11,13,15-16,22,25H,6,8H2,1-3H3,(H,27,28)/b5-4+/t9-,10-,11-,13+,15-,16-/m1/s1. The number of esters is 1. The van der Waals surface area contributed by atoms with E-state index in [0.29, 0.717) is 17.2 Å². The van der Waals surface area contributed by atoms with E-state index in [-0.39, 0.29) is 40.5 Å². The first-order valence-electron chi connectivity index (χ1n) is 10.3. The topological polar surface area (TPSA) is 142 Å². The second-order valence-corrected chi connectivity index (χ2v) is 9.57. The number of nitrogens with one attached hydrogen (secondary N) is 1. The zero-order chi connectivity index (χ0) is 23.2. The molecular weight excluding hydrogens is 438 g/mol. The van der Waals surface area contributed by atoms with E-state index in [9.17, 15) is 24.6 Å². The number of ether oxygens (including phenoxy) is 1. The Kier molecular flexibility index (Phi) is 6.15. The monoisotopic (exact) mass is 463 g/mol. The average Bonchev–Trinajstić information content (AvgIpc) is 3.44. The summed E-state index contributed by atoms with van der Waals surface area (Å²) in [5.74, 6) is -2.30. The van der Waals surface area contributed by atoms with Gasteiger partial charge in [-0.05, 0) is 19.4 Å². The molecule has 4 heterocycles. The van der Waals surface area contributed by atoms with Crippen LogP contribution in [0.25, 0.3) is 6.08 Å². The van der Waals surface area contributed by atoms with Crippen LogP contribution in [0, 0.1) is 11.8 Å². The molecule has 2 saturated heterocycles. The number of aliphatic carboxylic acids is 1. The van der Waals surface area contributed by atoms with Gasteiger partial charge in [0.1, 0.15) is 5.70 Å². The van der Waals surface area contributed by atoms with E-state index < -0.39 is 24.0 Å². The number of thioether (sulfide) groups is 1. The van der Waals surface area contributed by atoms with Crippen LogP contribution in [-0.4, -0.2) is 75.2 Å². The second-order valence-electron chi connectivity index (χ2n) is 8.23. The quantitative estimate of drug-likeness (QED) is 0.397. The van der Waals surface area contributed by atoms with Crippen LogP contribution in [0.3, 0.4) is 0 Å². The number of carboxylic acids is 1. The molecule has 2 fully saturated rings. The number of rotatable bonds is 7. The third-order valence-corrected chi connectivity index (χ3v) is 7.66. The van der Waals surface area contributed by atoms with Gasteiger partial charge in [-0.3, -0.25) is 4.79 Å². The number of aromatic nitrogens is 1. The van der Waals surface area contributed by atoms with Crippen molar-refractivity contribution in [3.8, 4) is 0 Å². The van der Waals surface area contributed by atoms with Crippen molar-refractivity contribution in [1.29, 1.82) is 0 Å². The lowest BCUT2D eigenvalue weighted by molar-refractivity contribution is -0.163. The number of aliphatic hydroxyl groups is 1. The fraction of sp³-hybridized carbons (Fsp3) is 0.524. The molecule has 1 amide bonds. The second kappa shape index (κ2) is 8.72. The molecular formula is C21H25N3O7S.